The van der Waals surface area contributed by atoms with Crippen LogP contribution in [0, 0.1) is 5.92 Å². The number of likely N-dealkylation sites (tertiary alicyclic amines) is 1. The molecule has 1 aromatic rings. The van der Waals surface area contributed by atoms with E-state index < -0.39 is 0 Å². The zero-order chi connectivity index (χ0) is 15.2. The van der Waals surface area contributed by atoms with Gasteiger partial charge in [-0.05, 0) is 29.9 Å². The molecule has 0 spiro atoms. The van der Waals surface area contributed by atoms with Crippen LogP contribution in [-0.2, 0) is 17.8 Å². The molecule has 0 aliphatic carbocycles. The fourth-order valence-electron chi connectivity index (χ4n) is 3.04. The second-order valence-corrected chi connectivity index (χ2v) is 6.12. The molecule has 1 aromatic carbocycles. The van der Waals surface area contributed by atoms with E-state index in [1.54, 1.807) is 0 Å². The number of rotatable bonds is 5. The molecule has 21 heavy (non-hydrogen) atoms. The zero-order valence-corrected chi connectivity index (χ0v) is 13.6. The summed E-state index contributed by atoms with van der Waals surface area (Å²) in [6, 6.07) is 9.36. The molecule has 1 heterocycles. The van der Waals surface area contributed by atoms with Crippen molar-refractivity contribution < 1.29 is 4.79 Å². The van der Waals surface area contributed by atoms with Gasteiger partial charge in [0.05, 0.1) is 0 Å². The van der Waals surface area contributed by atoms with Crippen LogP contribution in [0.4, 0.5) is 0 Å². The number of benzene rings is 1. The monoisotopic (exact) mass is 288 g/mol. The highest BCUT2D eigenvalue weighted by molar-refractivity contribution is 5.75. The van der Waals surface area contributed by atoms with Crippen molar-refractivity contribution in [3.8, 4) is 0 Å². The van der Waals surface area contributed by atoms with Crippen LogP contribution in [0.2, 0.25) is 0 Å². The molecule has 1 aliphatic heterocycles. The van der Waals surface area contributed by atoms with Gasteiger partial charge in [-0.3, -0.25) is 4.79 Å². The van der Waals surface area contributed by atoms with Gasteiger partial charge in [-0.1, -0.05) is 45.0 Å². The van der Waals surface area contributed by atoms with Gasteiger partial charge in [-0.15, -0.1) is 0 Å². The molecule has 0 aromatic heterocycles. The summed E-state index contributed by atoms with van der Waals surface area (Å²) in [6.07, 6.45) is 2.77. The lowest BCUT2D eigenvalue weighted by Crippen LogP contribution is -2.49. The maximum Gasteiger partial charge on any atom is 0.222 e. The molecular formula is C18H28N2O. The van der Waals surface area contributed by atoms with Crippen LogP contribution >= 0.6 is 0 Å². The molecule has 1 fully saturated rings. The number of nitrogens with zero attached hydrogens (tertiary/aromatic N) is 1. The first-order chi connectivity index (χ1) is 10.1. The van der Waals surface area contributed by atoms with E-state index in [4.69, 9.17) is 0 Å². The van der Waals surface area contributed by atoms with Crippen molar-refractivity contribution >= 4 is 5.91 Å². The Morgan fingerprint density at radius 2 is 1.90 bits per heavy atom. The fourth-order valence-corrected chi connectivity index (χ4v) is 3.04. The van der Waals surface area contributed by atoms with E-state index in [1.807, 2.05) is 11.8 Å². The normalized spacial score (nSPS) is 22.3. The molecule has 1 aliphatic rings. The van der Waals surface area contributed by atoms with Crippen LogP contribution in [0.5, 0.6) is 0 Å². The molecule has 1 saturated heterocycles. The molecular weight excluding hydrogens is 260 g/mol. The smallest absolute Gasteiger partial charge is 0.222 e. The minimum absolute atomic E-state index is 0.287. The van der Waals surface area contributed by atoms with Gasteiger partial charge < -0.3 is 10.2 Å². The van der Waals surface area contributed by atoms with Crippen LogP contribution in [0.15, 0.2) is 24.3 Å². The second-order valence-electron chi connectivity index (χ2n) is 6.12. The van der Waals surface area contributed by atoms with E-state index in [0.29, 0.717) is 18.4 Å². The highest BCUT2D eigenvalue weighted by Crippen LogP contribution is 2.18. The van der Waals surface area contributed by atoms with Crippen molar-refractivity contribution in [3.05, 3.63) is 35.4 Å². The molecule has 2 atom stereocenters. The Morgan fingerprint density at radius 1 is 1.24 bits per heavy atom. The Morgan fingerprint density at radius 3 is 2.48 bits per heavy atom. The third kappa shape index (κ3) is 4.31. The Kier molecular flexibility index (Phi) is 5.80. The van der Waals surface area contributed by atoms with Gasteiger partial charge in [0.15, 0.2) is 0 Å². The molecule has 2 unspecified atom stereocenters. The van der Waals surface area contributed by atoms with E-state index in [-0.39, 0.29) is 5.91 Å². The van der Waals surface area contributed by atoms with Crippen molar-refractivity contribution in [2.45, 2.75) is 52.6 Å². The number of amides is 1. The van der Waals surface area contributed by atoms with E-state index >= 15 is 0 Å². The highest BCUT2D eigenvalue weighted by Gasteiger charge is 2.27. The number of carbonyl (C=O) groups excluding carboxylic acids is 1. The summed E-state index contributed by atoms with van der Waals surface area (Å²) in [5.41, 5.74) is 2.73. The van der Waals surface area contributed by atoms with E-state index in [1.165, 1.54) is 11.1 Å². The Bertz CT molecular complexity index is 455. The summed E-state index contributed by atoms with van der Waals surface area (Å²) < 4.78 is 0. The molecule has 0 radical (unpaired) electrons. The molecule has 1 N–H and O–H groups in total. The Hall–Kier alpha value is -1.35. The number of carbonyl (C=O) groups is 1. The molecule has 0 saturated carbocycles. The summed E-state index contributed by atoms with van der Waals surface area (Å²) in [5, 5.41) is 3.66. The molecule has 2 rings (SSSR count). The van der Waals surface area contributed by atoms with Gasteiger partial charge in [-0.2, -0.15) is 0 Å². The lowest BCUT2D eigenvalue weighted by atomic mass is 9.93. The summed E-state index contributed by atoms with van der Waals surface area (Å²) in [4.78, 5) is 13.8. The fraction of sp³-hybridized carbons (Fsp3) is 0.611. The van der Waals surface area contributed by atoms with Gasteiger partial charge >= 0.3 is 0 Å². The van der Waals surface area contributed by atoms with E-state index in [2.05, 4.69) is 43.4 Å². The standard InChI is InChI=1S/C18H28N2O/c1-4-15-6-8-16(9-7-15)12-19-17-10-11-20(13-14(17)3)18(21)5-2/h6-9,14,17,19H,4-5,10-13H2,1-3H3. The van der Waals surface area contributed by atoms with Crippen LogP contribution in [0.1, 0.15) is 44.7 Å². The summed E-state index contributed by atoms with van der Waals surface area (Å²) in [5.74, 6) is 0.805. The molecule has 3 heteroatoms. The SMILES string of the molecule is CCC(=O)N1CCC(NCc2ccc(CC)cc2)C(C)C1. The Labute approximate surface area is 128 Å². The summed E-state index contributed by atoms with van der Waals surface area (Å²) in [7, 11) is 0. The number of hydrogen-bond acceptors (Lipinski definition) is 2. The quantitative estimate of drug-likeness (QED) is 0.903. The molecule has 1 amide bonds. The van der Waals surface area contributed by atoms with Crippen molar-refractivity contribution in [2.24, 2.45) is 5.92 Å². The third-order valence-corrected chi connectivity index (χ3v) is 4.56. The lowest BCUT2D eigenvalue weighted by Gasteiger charge is -2.37. The molecule has 116 valence electrons. The Balaban J connectivity index is 1.82. The number of nitrogens with one attached hydrogen (secondary N) is 1. The highest BCUT2D eigenvalue weighted by atomic mass is 16.2. The third-order valence-electron chi connectivity index (χ3n) is 4.56. The van der Waals surface area contributed by atoms with Gasteiger partial charge in [0.25, 0.3) is 0 Å². The number of aryl methyl sites for hydroxylation is 1. The van der Waals surface area contributed by atoms with Crippen LogP contribution < -0.4 is 5.32 Å². The van der Waals surface area contributed by atoms with E-state index in [9.17, 15) is 4.79 Å². The number of hydrogen-bond donors (Lipinski definition) is 1. The average Bonchev–Trinajstić information content (AvgIpc) is 2.53. The van der Waals surface area contributed by atoms with Crippen LogP contribution in [0.25, 0.3) is 0 Å². The lowest BCUT2D eigenvalue weighted by molar-refractivity contribution is -0.132. The van der Waals surface area contributed by atoms with Gasteiger partial charge in [0.1, 0.15) is 0 Å². The van der Waals surface area contributed by atoms with Gasteiger partial charge in [0, 0.05) is 32.1 Å². The van der Waals surface area contributed by atoms with Crippen LogP contribution in [0.3, 0.4) is 0 Å². The first kappa shape index (κ1) is 16.0. The van der Waals surface area contributed by atoms with Gasteiger partial charge in [0.2, 0.25) is 5.91 Å². The summed E-state index contributed by atoms with van der Waals surface area (Å²) >= 11 is 0. The first-order valence-electron chi connectivity index (χ1n) is 8.23. The molecule has 3 nitrogen and oxygen atoms in total. The topological polar surface area (TPSA) is 32.3 Å². The first-order valence-corrected chi connectivity index (χ1v) is 8.23. The van der Waals surface area contributed by atoms with E-state index in [0.717, 1.165) is 32.5 Å². The van der Waals surface area contributed by atoms with Crippen molar-refractivity contribution in [1.82, 2.24) is 10.2 Å². The average molecular weight is 288 g/mol. The predicted octanol–water partition coefficient (Wildman–Crippen LogP) is 2.99. The molecule has 0 bridgehead atoms. The second kappa shape index (κ2) is 7.60. The van der Waals surface area contributed by atoms with Crippen LogP contribution in [-0.4, -0.2) is 29.9 Å². The predicted molar refractivity (Wildman–Crippen MR) is 87.1 cm³/mol. The van der Waals surface area contributed by atoms with Crippen molar-refractivity contribution in [3.63, 3.8) is 0 Å². The maximum atomic E-state index is 11.8. The minimum atomic E-state index is 0.287. The maximum absolute atomic E-state index is 11.8. The summed E-state index contributed by atoms with van der Waals surface area (Å²) in [6.45, 7) is 9.06. The minimum Gasteiger partial charge on any atom is -0.342 e. The van der Waals surface area contributed by atoms with Gasteiger partial charge in [-0.25, -0.2) is 0 Å². The van der Waals surface area contributed by atoms with Crippen molar-refractivity contribution in [2.75, 3.05) is 13.1 Å². The largest absolute Gasteiger partial charge is 0.342 e. The zero-order valence-electron chi connectivity index (χ0n) is 13.6. The van der Waals surface area contributed by atoms with Crippen molar-refractivity contribution in [1.29, 1.82) is 0 Å². The number of piperidine rings is 1.